The van der Waals surface area contributed by atoms with Crippen molar-refractivity contribution in [2.45, 2.75) is 38.0 Å². The van der Waals surface area contributed by atoms with Crippen LogP contribution in [0.2, 0.25) is 0 Å². The largest absolute Gasteiger partial charge is 0.497 e. The van der Waals surface area contributed by atoms with Crippen molar-refractivity contribution in [2.75, 3.05) is 12.0 Å². The van der Waals surface area contributed by atoms with Crippen molar-refractivity contribution in [3.63, 3.8) is 0 Å². The molecule has 1 aromatic heterocycles. The van der Waals surface area contributed by atoms with E-state index < -0.39 is 0 Å². The van der Waals surface area contributed by atoms with Gasteiger partial charge in [-0.15, -0.1) is 0 Å². The molecule has 5 heteroatoms. The number of hydrogen-bond acceptors (Lipinski definition) is 3. The van der Waals surface area contributed by atoms with Crippen LogP contribution in [0.5, 0.6) is 5.75 Å². The first-order valence-electron chi connectivity index (χ1n) is 9.31. The van der Waals surface area contributed by atoms with E-state index in [1.807, 2.05) is 6.92 Å². The van der Waals surface area contributed by atoms with Crippen LogP contribution in [-0.4, -0.2) is 23.9 Å². The molecule has 5 nitrogen and oxygen atoms in total. The minimum atomic E-state index is -0.344. The zero-order valence-corrected chi connectivity index (χ0v) is 15.0. The SMILES string of the molecule is COc1ccc(N2C(=O)[C@H]3[C@H]4CCC[C@H]4c4[nH]c(C)cc4[C@H]3C2=O)cc1. The number of amides is 2. The lowest BCUT2D eigenvalue weighted by atomic mass is 9.68. The highest BCUT2D eigenvalue weighted by atomic mass is 16.5. The van der Waals surface area contributed by atoms with Gasteiger partial charge in [0.1, 0.15) is 5.75 Å². The van der Waals surface area contributed by atoms with Crippen molar-refractivity contribution < 1.29 is 14.3 Å². The second-order valence-electron chi connectivity index (χ2n) is 7.74. The summed E-state index contributed by atoms with van der Waals surface area (Å²) in [6, 6.07) is 9.25. The second-order valence-corrected chi connectivity index (χ2v) is 7.74. The third kappa shape index (κ3) is 1.97. The minimum Gasteiger partial charge on any atom is -0.497 e. The van der Waals surface area contributed by atoms with Crippen LogP contribution in [0.25, 0.3) is 0 Å². The summed E-state index contributed by atoms with van der Waals surface area (Å²) in [6.07, 6.45) is 3.25. The van der Waals surface area contributed by atoms with E-state index in [9.17, 15) is 9.59 Å². The standard InChI is InChI=1S/C21H22N2O3/c1-11-10-16-18-17(14-4-3-5-15(14)19(16)22-11)20(24)23(21(18)25)12-6-8-13(26-2)9-7-12/h6-10,14-15,17-18,22H,3-5H2,1-2H3/t14-,15+,17-,18+/m0/s1. The summed E-state index contributed by atoms with van der Waals surface area (Å²) < 4.78 is 5.19. The Labute approximate surface area is 152 Å². The number of imide groups is 1. The van der Waals surface area contributed by atoms with Crippen molar-refractivity contribution in [3.8, 4) is 5.75 Å². The molecule has 3 aliphatic rings. The minimum absolute atomic E-state index is 0.0356. The predicted octanol–water partition coefficient (Wildman–Crippen LogP) is 3.50. The van der Waals surface area contributed by atoms with E-state index in [2.05, 4.69) is 11.1 Å². The number of rotatable bonds is 2. The smallest absolute Gasteiger partial charge is 0.242 e. The number of H-pyrrole nitrogens is 1. The van der Waals surface area contributed by atoms with Crippen LogP contribution in [-0.2, 0) is 9.59 Å². The topological polar surface area (TPSA) is 62.4 Å². The second kappa shape index (κ2) is 5.47. The number of benzene rings is 1. The fraction of sp³-hybridized carbons (Fsp3) is 0.429. The maximum Gasteiger partial charge on any atom is 0.242 e. The van der Waals surface area contributed by atoms with E-state index in [1.165, 1.54) is 10.6 Å². The molecule has 1 saturated carbocycles. The summed E-state index contributed by atoms with van der Waals surface area (Å²) in [5.41, 5.74) is 3.96. The summed E-state index contributed by atoms with van der Waals surface area (Å²) in [4.78, 5) is 31.5. The molecule has 2 amide bonds. The van der Waals surface area contributed by atoms with Crippen LogP contribution in [0.15, 0.2) is 30.3 Å². The highest BCUT2D eigenvalue weighted by Gasteiger charge is 2.58. The van der Waals surface area contributed by atoms with Gasteiger partial charge < -0.3 is 9.72 Å². The number of carbonyl (C=O) groups excluding carboxylic acids is 2. The van der Waals surface area contributed by atoms with E-state index in [-0.39, 0.29) is 29.6 Å². The van der Waals surface area contributed by atoms with E-state index in [4.69, 9.17) is 4.74 Å². The van der Waals surface area contributed by atoms with Gasteiger partial charge in [0.25, 0.3) is 0 Å². The number of anilines is 1. The zero-order chi connectivity index (χ0) is 18.0. The van der Waals surface area contributed by atoms with Gasteiger partial charge in [-0.25, -0.2) is 4.90 Å². The molecule has 0 bridgehead atoms. The Morgan fingerprint density at radius 1 is 1.12 bits per heavy atom. The molecular weight excluding hydrogens is 328 g/mol. The van der Waals surface area contributed by atoms with Crippen LogP contribution in [0.1, 0.15) is 48.0 Å². The summed E-state index contributed by atoms with van der Waals surface area (Å²) in [5.74, 6) is 0.675. The van der Waals surface area contributed by atoms with Crippen LogP contribution < -0.4 is 9.64 Å². The summed E-state index contributed by atoms with van der Waals surface area (Å²) in [5, 5.41) is 0. The summed E-state index contributed by atoms with van der Waals surface area (Å²) in [6.45, 7) is 2.03. The molecule has 0 radical (unpaired) electrons. The van der Waals surface area contributed by atoms with E-state index in [1.54, 1.807) is 31.4 Å². The maximum atomic E-state index is 13.3. The third-order valence-corrected chi connectivity index (χ3v) is 6.43. The molecule has 1 N–H and O–H groups in total. The van der Waals surface area contributed by atoms with Gasteiger partial charge >= 0.3 is 0 Å². The quantitative estimate of drug-likeness (QED) is 0.843. The van der Waals surface area contributed by atoms with Gasteiger partial charge in [0.05, 0.1) is 24.6 Å². The Kier molecular flexibility index (Phi) is 3.30. The third-order valence-electron chi connectivity index (χ3n) is 6.43. The number of methoxy groups -OCH3 is 1. The first-order valence-corrected chi connectivity index (χ1v) is 9.31. The molecule has 2 aromatic rings. The Hall–Kier alpha value is -2.56. The number of fused-ring (bicyclic) bond motifs is 6. The van der Waals surface area contributed by atoms with Crippen LogP contribution in [0, 0.1) is 18.8 Å². The number of ether oxygens (including phenoxy) is 1. The predicted molar refractivity (Wildman–Crippen MR) is 97.3 cm³/mol. The number of nitrogens with one attached hydrogen (secondary N) is 1. The van der Waals surface area contributed by atoms with Crippen molar-refractivity contribution in [1.29, 1.82) is 0 Å². The van der Waals surface area contributed by atoms with E-state index >= 15 is 0 Å². The Morgan fingerprint density at radius 2 is 1.88 bits per heavy atom. The average molecular weight is 350 g/mol. The summed E-state index contributed by atoms with van der Waals surface area (Å²) >= 11 is 0. The number of hydrogen-bond donors (Lipinski definition) is 1. The fourth-order valence-electron chi connectivity index (χ4n) is 5.41. The highest BCUT2D eigenvalue weighted by molar-refractivity contribution is 6.24. The van der Waals surface area contributed by atoms with Crippen LogP contribution in [0.3, 0.4) is 0 Å². The van der Waals surface area contributed by atoms with Crippen molar-refractivity contribution in [1.82, 2.24) is 4.98 Å². The first kappa shape index (κ1) is 15.7. The van der Waals surface area contributed by atoms with Gasteiger partial charge in [-0.2, -0.15) is 0 Å². The molecule has 5 rings (SSSR count). The number of aryl methyl sites for hydroxylation is 1. The molecule has 2 heterocycles. The molecule has 0 spiro atoms. The van der Waals surface area contributed by atoms with Gasteiger partial charge in [-0.05, 0) is 61.6 Å². The van der Waals surface area contributed by atoms with Crippen LogP contribution in [0.4, 0.5) is 5.69 Å². The lowest BCUT2D eigenvalue weighted by molar-refractivity contribution is -0.123. The number of aromatic nitrogens is 1. The first-order chi connectivity index (χ1) is 12.6. The average Bonchev–Trinajstić information content (AvgIpc) is 3.31. The van der Waals surface area contributed by atoms with Crippen molar-refractivity contribution >= 4 is 17.5 Å². The molecule has 4 atom stereocenters. The van der Waals surface area contributed by atoms with Gasteiger partial charge in [-0.1, -0.05) is 6.42 Å². The molecular formula is C21H22N2O3. The van der Waals surface area contributed by atoms with E-state index in [0.29, 0.717) is 17.4 Å². The normalized spacial score (nSPS) is 29.5. The summed E-state index contributed by atoms with van der Waals surface area (Å²) in [7, 11) is 1.60. The highest BCUT2D eigenvalue weighted by Crippen LogP contribution is 2.57. The lowest BCUT2D eigenvalue weighted by Gasteiger charge is -2.33. The molecule has 2 fully saturated rings. The lowest BCUT2D eigenvalue weighted by Crippen LogP contribution is -2.33. The molecule has 1 saturated heterocycles. The van der Waals surface area contributed by atoms with Crippen LogP contribution >= 0.6 is 0 Å². The van der Waals surface area contributed by atoms with Gasteiger partial charge in [0, 0.05) is 17.3 Å². The zero-order valence-electron chi connectivity index (χ0n) is 15.0. The monoisotopic (exact) mass is 350 g/mol. The Balaban J connectivity index is 1.61. The molecule has 1 aromatic carbocycles. The molecule has 1 aliphatic heterocycles. The van der Waals surface area contributed by atoms with Gasteiger partial charge in [-0.3, -0.25) is 9.59 Å². The van der Waals surface area contributed by atoms with Gasteiger partial charge in [0.2, 0.25) is 11.8 Å². The molecule has 26 heavy (non-hydrogen) atoms. The van der Waals surface area contributed by atoms with Gasteiger partial charge in [0.15, 0.2) is 0 Å². The molecule has 134 valence electrons. The number of aromatic amines is 1. The molecule has 2 aliphatic carbocycles. The Bertz CT molecular complexity index is 898. The van der Waals surface area contributed by atoms with Crippen molar-refractivity contribution in [2.24, 2.45) is 11.8 Å². The number of nitrogens with zero attached hydrogens (tertiary/aromatic N) is 1. The van der Waals surface area contributed by atoms with E-state index in [0.717, 1.165) is 30.5 Å². The maximum absolute atomic E-state index is 13.3. The number of carbonyl (C=O) groups is 2. The van der Waals surface area contributed by atoms with Crippen molar-refractivity contribution in [3.05, 3.63) is 47.3 Å². The Morgan fingerprint density at radius 3 is 2.62 bits per heavy atom. The molecule has 0 unspecified atom stereocenters. The fourth-order valence-corrected chi connectivity index (χ4v) is 5.41.